The summed E-state index contributed by atoms with van der Waals surface area (Å²) in [5.41, 5.74) is 3.28. The lowest BCUT2D eigenvalue weighted by Crippen LogP contribution is -2.08. The number of benzene rings is 1. The molecule has 1 aromatic carbocycles. The Labute approximate surface area is 84.4 Å². The minimum atomic E-state index is 0.118. The van der Waals surface area contributed by atoms with E-state index in [-0.39, 0.29) is 13.2 Å². The number of hydrogen-bond acceptors (Lipinski definition) is 3. The molecule has 0 aromatic heterocycles. The minimum Gasteiger partial charge on any atom is -0.396 e. The number of anilines is 1. The molecule has 0 saturated heterocycles. The SMILES string of the molecule is Cc1ccc(NCCO)c(CCO)c1. The van der Waals surface area contributed by atoms with E-state index in [4.69, 9.17) is 10.2 Å². The van der Waals surface area contributed by atoms with Gasteiger partial charge in [-0.15, -0.1) is 0 Å². The Morgan fingerprint density at radius 2 is 2.00 bits per heavy atom. The lowest BCUT2D eigenvalue weighted by Gasteiger charge is -2.11. The Balaban J connectivity index is 2.78. The topological polar surface area (TPSA) is 52.5 Å². The lowest BCUT2D eigenvalue weighted by atomic mass is 10.1. The van der Waals surface area contributed by atoms with Crippen molar-refractivity contribution in [3.05, 3.63) is 29.3 Å². The number of aliphatic hydroxyl groups excluding tert-OH is 2. The van der Waals surface area contributed by atoms with Crippen molar-refractivity contribution in [2.75, 3.05) is 25.1 Å². The van der Waals surface area contributed by atoms with Crippen LogP contribution >= 0.6 is 0 Å². The first kappa shape index (κ1) is 11.0. The smallest absolute Gasteiger partial charge is 0.0604 e. The molecule has 0 radical (unpaired) electrons. The molecule has 0 aliphatic heterocycles. The largest absolute Gasteiger partial charge is 0.396 e. The van der Waals surface area contributed by atoms with Crippen LogP contribution in [-0.4, -0.2) is 30.0 Å². The standard InChI is InChI=1S/C11H17NO2/c1-9-2-3-11(12-5-7-14)10(8-9)4-6-13/h2-3,8,12-14H,4-7H2,1H3. The molecule has 0 saturated carbocycles. The van der Waals surface area contributed by atoms with E-state index < -0.39 is 0 Å². The van der Waals surface area contributed by atoms with Crippen LogP contribution in [0.1, 0.15) is 11.1 Å². The van der Waals surface area contributed by atoms with Gasteiger partial charge in [-0.05, 0) is 25.0 Å². The number of nitrogens with one attached hydrogen (secondary N) is 1. The van der Waals surface area contributed by atoms with Crippen molar-refractivity contribution in [2.24, 2.45) is 0 Å². The second kappa shape index (κ2) is 5.62. The van der Waals surface area contributed by atoms with E-state index in [0.29, 0.717) is 13.0 Å². The molecule has 0 unspecified atom stereocenters. The predicted octanol–water partition coefficient (Wildman–Crippen LogP) is 0.934. The van der Waals surface area contributed by atoms with Crippen LogP contribution in [0.15, 0.2) is 18.2 Å². The zero-order valence-electron chi connectivity index (χ0n) is 8.45. The van der Waals surface area contributed by atoms with E-state index >= 15 is 0 Å². The van der Waals surface area contributed by atoms with Crippen molar-refractivity contribution in [1.82, 2.24) is 0 Å². The average Bonchev–Trinajstić information content (AvgIpc) is 2.17. The minimum absolute atomic E-state index is 0.118. The summed E-state index contributed by atoms with van der Waals surface area (Å²) in [7, 11) is 0. The number of hydrogen-bond donors (Lipinski definition) is 3. The third kappa shape index (κ3) is 3.01. The van der Waals surface area contributed by atoms with Crippen LogP contribution in [0.5, 0.6) is 0 Å². The molecule has 3 N–H and O–H groups in total. The molecule has 3 heteroatoms. The fourth-order valence-corrected chi connectivity index (χ4v) is 1.41. The zero-order chi connectivity index (χ0) is 10.4. The molecule has 0 atom stereocenters. The van der Waals surface area contributed by atoms with Gasteiger partial charge in [-0.25, -0.2) is 0 Å². The van der Waals surface area contributed by atoms with Crippen LogP contribution in [-0.2, 0) is 6.42 Å². The Bertz CT molecular complexity index is 287. The normalized spacial score (nSPS) is 10.2. The van der Waals surface area contributed by atoms with Crippen LogP contribution in [0.3, 0.4) is 0 Å². The highest BCUT2D eigenvalue weighted by Gasteiger charge is 2.01. The highest BCUT2D eigenvalue weighted by atomic mass is 16.3. The van der Waals surface area contributed by atoms with E-state index in [1.54, 1.807) is 0 Å². The summed E-state index contributed by atoms with van der Waals surface area (Å²) in [5.74, 6) is 0. The molecule has 0 aliphatic rings. The number of rotatable bonds is 5. The Kier molecular flexibility index (Phi) is 4.43. The second-order valence-electron chi connectivity index (χ2n) is 3.28. The van der Waals surface area contributed by atoms with Gasteiger partial charge < -0.3 is 15.5 Å². The summed E-state index contributed by atoms with van der Waals surface area (Å²) in [6, 6.07) is 6.05. The van der Waals surface area contributed by atoms with Crippen molar-refractivity contribution >= 4 is 5.69 Å². The summed E-state index contributed by atoms with van der Waals surface area (Å²) < 4.78 is 0. The summed E-state index contributed by atoms with van der Waals surface area (Å²) in [6.45, 7) is 2.84. The van der Waals surface area contributed by atoms with Crippen molar-refractivity contribution in [2.45, 2.75) is 13.3 Å². The van der Waals surface area contributed by atoms with Gasteiger partial charge in [0.15, 0.2) is 0 Å². The van der Waals surface area contributed by atoms with Crippen LogP contribution in [0.4, 0.5) is 5.69 Å². The quantitative estimate of drug-likeness (QED) is 0.655. The predicted molar refractivity (Wildman–Crippen MR) is 57.5 cm³/mol. The third-order valence-electron chi connectivity index (χ3n) is 2.07. The molecular weight excluding hydrogens is 178 g/mol. The van der Waals surface area contributed by atoms with Gasteiger partial charge in [-0.2, -0.15) is 0 Å². The highest BCUT2D eigenvalue weighted by molar-refractivity contribution is 5.52. The molecule has 0 amide bonds. The van der Waals surface area contributed by atoms with Crippen molar-refractivity contribution < 1.29 is 10.2 Å². The first-order valence-corrected chi connectivity index (χ1v) is 4.83. The number of aryl methyl sites for hydroxylation is 1. The maximum atomic E-state index is 8.88. The van der Waals surface area contributed by atoms with Gasteiger partial charge in [0.05, 0.1) is 6.61 Å². The van der Waals surface area contributed by atoms with E-state index in [0.717, 1.165) is 11.3 Å². The molecular formula is C11H17NO2. The molecule has 0 bridgehead atoms. The summed E-state index contributed by atoms with van der Waals surface area (Å²) in [6.07, 6.45) is 0.648. The van der Waals surface area contributed by atoms with Crippen LogP contribution in [0.2, 0.25) is 0 Å². The Morgan fingerprint density at radius 1 is 1.21 bits per heavy atom. The van der Waals surface area contributed by atoms with E-state index in [9.17, 15) is 0 Å². The Morgan fingerprint density at radius 3 is 2.64 bits per heavy atom. The van der Waals surface area contributed by atoms with Crippen molar-refractivity contribution in [3.8, 4) is 0 Å². The van der Waals surface area contributed by atoms with E-state index in [2.05, 4.69) is 11.4 Å². The van der Waals surface area contributed by atoms with Crippen molar-refractivity contribution in [1.29, 1.82) is 0 Å². The molecule has 0 heterocycles. The van der Waals surface area contributed by atoms with Gasteiger partial charge in [0.2, 0.25) is 0 Å². The number of aliphatic hydroxyl groups is 2. The summed E-state index contributed by atoms with van der Waals surface area (Å²) in [4.78, 5) is 0. The molecule has 1 rings (SSSR count). The molecule has 14 heavy (non-hydrogen) atoms. The fourth-order valence-electron chi connectivity index (χ4n) is 1.41. The maximum Gasteiger partial charge on any atom is 0.0604 e. The first-order valence-electron chi connectivity index (χ1n) is 4.83. The van der Waals surface area contributed by atoms with Gasteiger partial charge in [0.1, 0.15) is 0 Å². The first-order chi connectivity index (χ1) is 6.77. The van der Waals surface area contributed by atoms with Crippen LogP contribution < -0.4 is 5.32 Å². The second-order valence-corrected chi connectivity index (χ2v) is 3.28. The molecule has 0 fully saturated rings. The summed E-state index contributed by atoms with van der Waals surface area (Å²) >= 11 is 0. The van der Waals surface area contributed by atoms with Crippen LogP contribution in [0, 0.1) is 6.92 Å². The Hall–Kier alpha value is -1.06. The van der Waals surface area contributed by atoms with Crippen molar-refractivity contribution in [3.63, 3.8) is 0 Å². The van der Waals surface area contributed by atoms with Gasteiger partial charge >= 0.3 is 0 Å². The van der Waals surface area contributed by atoms with Gasteiger partial charge in [-0.3, -0.25) is 0 Å². The molecule has 78 valence electrons. The lowest BCUT2D eigenvalue weighted by molar-refractivity contribution is 0.299. The molecule has 0 aliphatic carbocycles. The van der Waals surface area contributed by atoms with Crippen LogP contribution in [0.25, 0.3) is 0 Å². The summed E-state index contributed by atoms with van der Waals surface area (Å²) in [5, 5.41) is 20.7. The molecule has 1 aromatic rings. The average molecular weight is 195 g/mol. The zero-order valence-corrected chi connectivity index (χ0v) is 8.45. The van der Waals surface area contributed by atoms with Gasteiger partial charge in [-0.1, -0.05) is 17.7 Å². The van der Waals surface area contributed by atoms with Gasteiger partial charge in [0.25, 0.3) is 0 Å². The maximum absolute atomic E-state index is 8.88. The highest BCUT2D eigenvalue weighted by Crippen LogP contribution is 2.17. The molecule has 0 spiro atoms. The monoisotopic (exact) mass is 195 g/mol. The third-order valence-corrected chi connectivity index (χ3v) is 2.07. The van der Waals surface area contributed by atoms with Gasteiger partial charge in [0, 0.05) is 18.8 Å². The van der Waals surface area contributed by atoms with E-state index in [1.165, 1.54) is 5.56 Å². The fraction of sp³-hybridized carbons (Fsp3) is 0.455. The molecule has 3 nitrogen and oxygen atoms in total. The van der Waals surface area contributed by atoms with E-state index in [1.807, 2.05) is 19.1 Å².